The summed E-state index contributed by atoms with van der Waals surface area (Å²) in [6.45, 7) is 4.66. The van der Waals surface area contributed by atoms with Crippen molar-refractivity contribution in [3.05, 3.63) is 59.8 Å². The minimum atomic E-state index is -0.369. The van der Waals surface area contributed by atoms with Gasteiger partial charge in [0.2, 0.25) is 0 Å². The third-order valence-electron chi connectivity index (χ3n) is 4.88. The van der Waals surface area contributed by atoms with E-state index in [0.717, 1.165) is 0 Å². The number of benzene rings is 2. The molecule has 0 aliphatic carbocycles. The van der Waals surface area contributed by atoms with Crippen molar-refractivity contribution in [3.63, 3.8) is 0 Å². The summed E-state index contributed by atoms with van der Waals surface area (Å²) in [5.74, 6) is 0.436. The van der Waals surface area contributed by atoms with Crippen LogP contribution in [0.15, 0.2) is 54.2 Å². The molecule has 3 rings (SSSR count). The number of hydrogen-bond acceptors (Lipinski definition) is 6. The number of ether oxygens (including phenoxy) is 3. The van der Waals surface area contributed by atoms with Crippen molar-refractivity contribution >= 4 is 23.1 Å². The fourth-order valence-corrected chi connectivity index (χ4v) is 3.35. The van der Waals surface area contributed by atoms with E-state index in [1.54, 1.807) is 25.3 Å². The van der Waals surface area contributed by atoms with Crippen LogP contribution in [0.2, 0.25) is 0 Å². The highest BCUT2D eigenvalue weighted by Crippen LogP contribution is 2.35. The van der Waals surface area contributed by atoms with Crippen LogP contribution in [0, 0.1) is 0 Å². The van der Waals surface area contributed by atoms with Crippen LogP contribution in [-0.4, -0.2) is 50.2 Å². The molecule has 2 aromatic rings. The van der Waals surface area contributed by atoms with Gasteiger partial charge in [0.05, 0.1) is 31.6 Å². The van der Waals surface area contributed by atoms with Gasteiger partial charge in [0.1, 0.15) is 17.2 Å². The molecule has 31 heavy (non-hydrogen) atoms. The Balaban J connectivity index is 1.92. The standard InChI is InChI=1S/C24H28N2O5/c1-16(2)31-14-8-13-26-23(27)21(17-9-6-5-7-10-17)22(24(26)28)25-19-12-11-18(29-3)15-20(19)30-4/h5-7,9-12,15-16,25H,8,13-14H2,1-4H3. The molecule has 7 nitrogen and oxygen atoms in total. The molecule has 0 fully saturated rings. The molecule has 7 heteroatoms. The Kier molecular flexibility index (Phi) is 7.31. The lowest BCUT2D eigenvalue weighted by atomic mass is 10.0. The molecule has 0 saturated heterocycles. The van der Waals surface area contributed by atoms with Crippen LogP contribution in [0.25, 0.3) is 5.57 Å². The van der Waals surface area contributed by atoms with E-state index < -0.39 is 0 Å². The van der Waals surface area contributed by atoms with Crippen LogP contribution in [0.3, 0.4) is 0 Å². The molecule has 1 N–H and O–H groups in total. The predicted octanol–water partition coefficient (Wildman–Crippen LogP) is 3.71. The average molecular weight is 424 g/mol. The van der Waals surface area contributed by atoms with Gasteiger partial charge in [-0.2, -0.15) is 0 Å². The Hall–Kier alpha value is -3.32. The second-order valence-electron chi connectivity index (χ2n) is 7.34. The number of carbonyl (C=O) groups is 2. The molecule has 0 saturated carbocycles. The van der Waals surface area contributed by atoms with E-state index in [9.17, 15) is 9.59 Å². The van der Waals surface area contributed by atoms with Crippen LogP contribution < -0.4 is 14.8 Å². The maximum Gasteiger partial charge on any atom is 0.278 e. The summed E-state index contributed by atoms with van der Waals surface area (Å²) < 4.78 is 16.2. The Bertz CT molecular complexity index is 969. The number of nitrogens with zero attached hydrogens (tertiary/aromatic N) is 1. The Morgan fingerprint density at radius 3 is 2.35 bits per heavy atom. The van der Waals surface area contributed by atoms with Crippen molar-refractivity contribution < 1.29 is 23.8 Å². The lowest BCUT2D eigenvalue weighted by Gasteiger charge is -2.16. The lowest BCUT2D eigenvalue weighted by molar-refractivity contribution is -0.137. The number of amides is 2. The predicted molar refractivity (Wildman–Crippen MR) is 119 cm³/mol. The molecule has 1 heterocycles. The summed E-state index contributed by atoms with van der Waals surface area (Å²) in [5.41, 5.74) is 1.81. The van der Waals surface area contributed by atoms with Crippen molar-refractivity contribution in [2.24, 2.45) is 0 Å². The van der Waals surface area contributed by atoms with Crippen molar-refractivity contribution in [3.8, 4) is 11.5 Å². The molecule has 0 spiro atoms. The van der Waals surface area contributed by atoms with Crippen molar-refractivity contribution in [2.75, 3.05) is 32.7 Å². The highest BCUT2D eigenvalue weighted by atomic mass is 16.5. The third kappa shape index (κ3) is 5.06. The van der Waals surface area contributed by atoms with Gasteiger partial charge < -0.3 is 19.5 Å². The smallest absolute Gasteiger partial charge is 0.278 e. The summed E-state index contributed by atoms with van der Waals surface area (Å²) in [6.07, 6.45) is 0.666. The molecule has 0 atom stereocenters. The summed E-state index contributed by atoms with van der Waals surface area (Å²) in [4.78, 5) is 27.7. The van der Waals surface area contributed by atoms with Gasteiger partial charge in [0.25, 0.3) is 11.8 Å². The van der Waals surface area contributed by atoms with Gasteiger partial charge in [-0.1, -0.05) is 30.3 Å². The molecule has 0 aromatic heterocycles. The first-order valence-corrected chi connectivity index (χ1v) is 10.2. The number of carbonyl (C=O) groups excluding carboxylic acids is 2. The van der Waals surface area contributed by atoms with Crippen molar-refractivity contribution in [2.45, 2.75) is 26.4 Å². The maximum atomic E-state index is 13.2. The highest BCUT2D eigenvalue weighted by molar-refractivity contribution is 6.36. The van der Waals surface area contributed by atoms with E-state index >= 15 is 0 Å². The molecular formula is C24H28N2O5. The van der Waals surface area contributed by atoms with E-state index in [0.29, 0.717) is 41.4 Å². The minimum absolute atomic E-state index is 0.0998. The van der Waals surface area contributed by atoms with Crippen LogP contribution in [0.1, 0.15) is 25.8 Å². The first kappa shape index (κ1) is 22.4. The Morgan fingerprint density at radius 1 is 0.968 bits per heavy atom. The second-order valence-corrected chi connectivity index (χ2v) is 7.34. The fourth-order valence-electron chi connectivity index (χ4n) is 3.35. The monoisotopic (exact) mass is 424 g/mol. The molecule has 1 aliphatic rings. The number of imide groups is 1. The normalized spacial score (nSPS) is 13.9. The summed E-state index contributed by atoms with van der Waals surface area (Å²) >= 11 is 0. The van der Waals surface area contributed by atoms with E-state index in [-0.39, 0.29) is 30.2 Å². The van der Waals surface area contributed by atoms with Gasteiger partial charge in [-0.05, 0) is 38.0 Å². The maximum absolute atomic E-state index is 13.2. The molecule has 2 amide bonds. The van der Waals surface area contributed by atoms with Crippen LogP contribution in [0.4, 0.5) is 5.69 Å². The SMILES string of the molecule is COc1ccc(NC2=C(c3ccccc3)C(=O)N(CCCOC(C)C)C2=O)c(OC)c1. The van der Waals surface area contributed by atoms with Crippen molar-refractivity contribution in [1.29, 1.82) is 0 Å². The lowest BCUT2D eigenvalue weighted by Crippen LogP contribution is -2.34. The minimum Gasteiger partial charge on any atom is -0.497 e. The van der Waals surface area contributed by atoms with Gasteiger partial charge in [-0.15, -0.1) is 0 Å². The van der Waals surface area contributed by atoms with E-state index in [2.05, 4.69) is 5.32 Å². The number of anilines is 1. The molecular weight excluding hydrogens is 396 g/mol. The fraction of sp³-hybridized carbons (Fsp3) is 0.333. The Morgan fingerprint density at radius 2 is 1.71 bits per heavy atom. The molecule has 0 unspecified atom stereocenters. The third-order valence-corrected chi connectivity index (χ3v) is 4.88. The Labute approximate surface area is 182 Å². The second kappa shape index (κ2) is 10.1. The number of methoxy groups -OCH3 is 2. The number of hydrogen-bond donors (Lipinski definition) is 1. The first-order valence-electron chi connectivity index (χ1n) is 10.2. The summed E-state index contributed by atoms with van der Waals surface area (Å²) in [5, 5.41) is 3.13. The molecule has 164 valence electrons. The summed E-state index contributed by atoms with van der Waals surface area (Å²) in [7, 11) is 3.10. The van der Waals surface area contributed by atoms with Gasteiger partial charge in [0.15, 0.2) is 0 Å². The zero-order valence-electron chi connectivity index (χ0n) is 18.3. The number of nitrogens with one attached hydrogen (secondary N) is 1. The van der Waals surface area contributed by atoms with Gasteiger partial charge in [0, 0.05) is 19.2 Å². The van der Waals surface area contributed by atoms with Crippen LogP contribution >= 0.6 is 0 Å². The molecule has 2 aromatic carbocycles. The number of rotatable bonds is 10. The van der Waals surface area contributed by atoms with E-state index in [1.807, 2.05) is 44.2 Å². The highest BCUT2D eigenvalue weighted by Gasteiger charge is 2.39. The zero-order chi connectivity index (χ0) is 22.4. The summed E-state index contributed by atoms with van der Waals surface area (Å²) in [6, 6.07) is 14.4. The van der Waals surface area contributed by atoms with Gasteiger partial charge >= 0.3 is 0 Å². The van der Waals surface area contributed by atoms with E-state index in [4.69, 9.17) is 14.2 Å². The quantitative estimate of drug-likeness (QED) is 0.463. The van der Waals surface area contributed by atoms with Crippen molar-refractivity contribution in [1.82, 2.24) is 4.90 Å². The van der Waals surface area contributed by atoms with Crippen LogP contribution in [-0.2, 0) is 14.3 Å². The molecule has 0 radical (unpaired) electrons. The van der Waals surface area contributed by atoms with Crippen LogP contribution in [0.5, 0.6) is 11.5 Å². The largest absolute Gasteiger partial charge is 0.497 e. The average Bonchev–Trinajstić information content (AvgIpc) is 3.01. The molecule has 0 bridgehead atoms. The van der Waals surface area contributed by atoms with Gasteiger partial charge in [-0.3, -0.25) is 14.5 Å². The topological polar surface area (TPSA) is 77.1 Å². The zero-order valence-corrected chi connectivity index (χ0v) is 18.3. The molecule has 1 aliphatic heterocycles. The first-order chi connectivity index (χ1) is 15.0. The van der Waals surface area contributed by atoms with E-state index in [1.165, 1.54) is 12.0 Å². The van der Waals surface area contributed by atoms with Gasteiger partial charge in [-0.25, -0.2) is 0 Å².